The number of rotatable bonds is 5. The lowest BCUT2D eigenvalue weighted by atomic mass is 9.93. The van der Waals surface area contributed by atoms with Gasteiger partial charge >= 0.3 is 0 Å². The maximum absolute atomic E-state index is 12.2. The van der Waals surface area contributed by atoms with Crippen LogP contribution in [-0.4, -0.2) is 25.5 Å². The summed E-state index contributed by atoms with van der Waals surface area (Å²) in [5.41, 5.74) is 8.32. The Bertz CT molecular complexity index is 697. The van der Waals surface area contributed by atoms with Crippen molar-refractivity contribution in [3.05, 3.63) is 44.8 Å². The van der Waals surface area contributed by atoms with Gasteiger partial charge in [-0.05, 0) is 30.5 Å². The molecule has 0 unspecified atom stereocenters. The molecular weight excluding hydrogens is 312 g/mol. The zero-order chi connectivity index (χ0) is 16.2. The highest BCUT2D eigenvalue weighted by atomic mass is 32.2. The quantitative estimate of drug-likeness (QED) is 0.205. The van der Waals surface area contributed by atoms with Gasteiger partial charge in [-0.25, -0.2) is 0 Å². The summed E-state index contributed by atoms with van der Waals surface area (Å²) < 4.78 is 29.6. The normalized spacial score (nSPS) is 21.8. The van der Waals surface area contributed by atoms with Gasteiger partial charge in [0.1, 0.15) is 0 Å². The second kappa shape index (κ2) is 6.73. The molecule has 1 aromatic rings. The summed E-state index contributed by atoms with van der Waals surface area (Å²) in [5, 5.41) is 14.2. The molecule has 0 aliphatic heterocycles. The SMILES string of the molecule is [N-]=[N+]=N[C@@H]1CCCC[C@H]1OS(=O)(=O)c1ccc([N+](=O)[O-])cc1. The van der Waals surface area contributed by atoms with E-state index in [4.69, 9.17) is 9.71 Å². The highest BCUT2D eigenvalue weighted by molar-refractivity contribution is 7.86. The number of nitro groups is 1. The molecular formula is C12H14N4O5S. The topological polar surface area (TPSA) is 135 Å². The van der Waals surface area contributed by atoms with Crippen LogP contribution in [0.2, 0.25) is 0 Å². The van der Waals surface area contributed by atoms with E-state index in [1.165, 1.54) is 0 Å². The number of nitro benzene ring substituents is 1. The molecule has 9 nitrogen and oxygen atoms in total. The minimum Gasteiger partial charge on any atom is -0.263 e. The lowest BCUT2D eigenvalue weighted by molar-refractivity contribution is -0.384. The van der Waals surface area contributed by atoms with Crippen molar-refractivity contribution in [2.45, 2.75) is 42.7 Å². The van der Waals surface area contributed by atoms with Crippen LogP contribution < -0.4 is 0 Å². The molecule has 10 heteroatoms. The molecule has 0 N–H and O–H groups in total. The number of benzene rings is 1. The smallest absolute Gasteiger partial charge is 0.263 e. The fraction of sp³-hybridized carbons (Fsp3) is 0.500. The summed E-state index contributed by atoms with van der Waals surface area (Å²) in [4.78, 5) is 12.5. The highest BCUT2D eigenvalue weighted by Gasteiger charge is 2.30. The molecule has 1 aliphatic rings. The van der Waals surface area contributed by atoms with Crippen LogP contribution in [0.25, 0.3) is 10.4 Å². The number of nitrogens with zero attached hydrogens (tertiary/aromatic N) is 4. The lowest BCUT2D eigenvalue weighted by Crippen LogP contribution is -2.32. The maximum Gasteiger partial charge on any atom is 0.297 e. The van der Waals surface area contributed by atoms with Crippen LogP contribution in [0.5, 0.6) is 0 Å². The minimum absolute atomic E-state index is 0.164. The monoisotopic (exact) mass is 326 g/mol. The molecule has 0 heterocycles. The van der Waals surface area contributed by atoms with Gasteiger partial charge in [0.25, 0.3) is 15.8 Å². The first kappa shape index (κ1) is 16.2. The van der Waals surface area contributed by atoms with E-state index in [2.05, 4.69) is 10.0 Å². The van der Waals surface area contributed by atoms with Gasteiger partial charge in [-0.3, -0.25) is 14.3 Å². The molecule has 0 radical (unpaired) electrons. The number of non-ortho nitro benzene ring substituents is 1. The van der Waals surface area contributed by atoms with Crippen molar-refractivity contribution in [2.24, 2.45) is 5.11 Å². The fourth-order valence-corrected chi connectivity index (χ4v) is 3.47. The minimum atomic E-state index is -4.06. The van der Waals surface area contributed by atoms with Crippen LogP contribution >= 0.6 is 0 Å². The van der Waals surface area contributed by atoms with Gasteiger partial charge in [-0.1, -0.05) is 18.0 Å². The Morgan fingerprint density at radius 1 is 1.27 bits per heavy atom. The van der Waals surface area contributed by atoms with Crippen molar-refractivity contribution < 1.29 is 17.5 Å². The lowest BCUT2D eigenvalue weighted by Gasteiger charge is -2.27. The van der Waals surface area contributed by atoms with Crippen molar-refractivity contribution in [1.29, 1.82) is 0 Å². The van der Waals surface area contributed by atoms with Gasteiger partial charge < -0.3 is 0 Å². The van der Waals surface area contributed by atoms with E-state index in [0.717, 1.165) is 37.1 Å². The van der Waals surface area contributed by atoms with E-state index >= 15 is 0 Å². The summed E-state index contributed by atoms with van der Waals surface area (Å²) >= 11 is 0. The molecule has 1 saturated carbocycles. The van der Waals surface area contributed by atoms with E-state index in [0.29, 0.717) is 12.8 Å². The molecule has 1 fully saturated rings. The van der Waals surface area contributed by atoms with E-state index in [1.807, 2.05) is 0 Å². The Labute approximate surface area is 126 Å². The summed E-state index contributed by atoms with van der Waals surface area (Å²) in [7, 11) is -4.06. The Kier molecular flexibility index (Phi) is 4.96. The van der Waals surface area contributed by atoms with Crippen LogP contribution in [0.3, 0.4) is 0 Å². The van der Waals surface area contributed by atoms with Crippen molar-refractivity contribution in [3.8, 4) is 0 Å². The maximum atomic E-state index is 12.2. The van der Waals surface area contributed by atoms with Gasteiger partial charge in [0, 0.05) is 17.0 Å². The molecule has 0 amide bonds. The molecule has 0 bridgehead atoms. The predicted octanol–water partition coefficient (Wildman–Crippen LogP) is 2.92. The molecule has 0 spiro atoms. The molecule has 118 valence electrons. The fourth-order valence-electron chi connectivity index (χ4n) is 2.34. The van der Waals surface area contributed by atoms with Crippen molar-refractivity contribution in [1.82, 2.24) is 0 Å². The van der Waals surface area contributed by atoms with Gasteiger partial charge in [-0.2, -0.15) is 8.42 Å². The number of azide groups is 1. The first-order valence-corrected chi connectivity index (χ1v) is 8.07. The van der Waals surface area contributed by atoms with Crippen molar-refractivity contribution in [2.75, 3.05) is 0 Å². The average Bonchev–Trinajstić information content (AvgIpc) is 2.49. The van der Waals surface area contributed by atoms with Gasteiger partial charge in [0.15, 0.2) is 0 Å². The number of hydrogen-bond donors (Lipinski definition) is 0. The zero-order valence-electron chi connectivity index (χ0n) is 11.5. The van der Waals surface area contributed by atoms with Gasteiger partial charge in [-0.15, -0.1) is 0 Å². The average molecular weight is 326 g/mol. The van der Waals surface area contributed by atoms with Crippen LogP contribution in [0, 0.1) is 10.1 Å². The second-order valence-electron chi connectivity index (χ2n) is 4.90. The summed E-state index contributed by atoms with van der Waals surface area (Å²) in [5.74, 6) is 0. The molecule has 1 aromatic carbocycles. The third-order valence-electron chi connectivity index (χ3n) is 3.45. The van der Waals surface area contributed by atoms with Crippen LogP contribution in [0.15, 0.2) is 34.3 Å². The first-order chi connectivity index (χ1) is 10.4. The predicted molar refractivity (Wildman–Crippen MR) is 76.6 cm³/mol. The van der Waals surface area contributed by atoms with E-state index in [1.54, 1.807) is 0 Å². The molecule has 0 saturated heterocycles. The van der Waals surface area contributed by atoms with Crippen LogP contribution in [-0.2, 0) is 14.3 Å². The standard InChI is InChI=1S/C12H14N4O5S/c13-15-14-11-3-1-2-4-12(11)21-22(19,20)10-7-5-9(6-8-10)16(17)18/h5-8,11-12H,1-4H2/t11-,12-/m1/s1. The van der Waals surface area contributed by atoms with Crippen molar-refractivity contribution in [3.63, 3.8) is 0 Å². The van der Waals surface area contributed by atoms with E-state index in [9.17, 15) is 18.5 Å². The highest BCUT2D eigenvalue weighted by Crippen LogP contribution is 2.28. The molecule has 2 atom stereocenters. The Morgan fingerprint density at radius 3 is 2.50 bits per heavy atom. The summed E-state index contributed by atoms with van der Waals surface area (Å²) in [6, 6.07) is 3.92. The zero-order valence-corrected chi connectivity index (χ0v) is 12.3. The first-order valence-electron chi connectivity index (χ1n) is 6.66. The third kappa shape index (κ3) is 3.73. The van der Waals surface area contributed by atoms with Gasteiger partial charge in [0.2, 0.25) is 0 Å². The van der Waals surface area contributed by atoms with E-state index in [-0.39, 0.29) is 10.6 Å². The molecule has 2 rings (SSSR count). The molecule has 0 aromatic heterocycles. The van der Waals surface area contributed by atoms with Crippen LogP contribution in [0.4, 0.5) is 5.69 Å². The van der Waals surface area contributed by atoms with E-state index < -0.39 is 27.2 Å². The second-order valence-corrected chi connectivity index (χ2v) is 6.47. The molecule has 22 heavy (non-hydrogen) atoms. The summed E-state index contributed by atoms with van der Waals surface area (Å²) in [6.45, 7) is 0. The third-order valence-corrected chi connectivity index (χ3v) is 4.80. The Balaban J connectivity index is 2.19. The summed E-state index contributed by atoms with van der Waals surface area (Å²) in [6.07, 6.45) is 1.99. The Morgan fingerprint density at radius 2 is 1.91 bits per heavy atom. The number of hydrogen-bond acceptors (Lipinski definition) is 6. The largest absolute Gasteiger partial charge is 0.297 e. The molecule has 1 aliphatic carbocycles. The Hall–Kier alpha value is -2.16. The van der Waals surface area contributed by atoms with Crippen LogP contribution in [0.1, 0.15) is 25.7 Å². The van der Waals surface area contributed by atoms with Crippen molar-refractivity contribution >= 4 is 15.8 Å². The van der Waals surface area contributed by atoms with Gasteiger partial charge in [0.05, 0.1) is 22.0 Å².